The number of aromatic nitrogens is 1. The van der Waals surface area contributed by atoms with Gasteiger partial charge in [0, 0.05) is 31.6 Å². The Labute approximate surface area is 137 Å². The summed E-state index contributed by atoms with van der Waals surface area (Å²) in [5.74, 6) is -0.127. The molecule has 2 aromatic rings. The molecule has 0 unspecified atom stereocenters. The van der Waals surface area contributed by atoms with Crippen LogP contribution in [-0.2, 0) is 10.0 Å². The van der Waals surface area contributed by atoms with E-state index >= 15 is 0 Å². The van der Waals surface area contributed by atoms with Crippen LogP contribution >= 0.6 is 22.7 Å². The van der Waals surface area contributed by atoms with Crippen molar-refractivity contribution in [2.45, 2.75) is 11.1 Å². The highest BCUT2D eigenvalue weighted by atomic mass is 32.2. The van der Waals surface area contributed by atoms with Gasteiger partial charge in [-0.3, -0.25) is 4.79 Å². The standard InChI is InChI=1S/C13H15N3O3S3/c1-10-14-11(9-21-10)13(17)15-4-6-16(7-5-15)22(18,19)12-3-2-8-20-12/h2-3,8-9H,4-7H2,1H3. The molecule has 1 saturated heterocycles. The van der Waals surface area contributed by atoms with Crippen molar-refractivity contribution < 1.29 is 13.2 Å². The van der Waals surface area contributed by atoms with Crippen molar-refractivity contribution in [3.8, 4) is 0 Å². The molecule has 1 aliphatic rings. The number of amides is 1. The summed E-state index contributed by atoms with van der Waals surface area (Å²) in [5.41, 5.74) is 0.442. The lowest BCUT2D eigenvalue weighted by Gasteiger charge is -2.33. The monoisotopic (exact) mass is 357 g/mol. The molecule has 0 N–H and O–H groups in total. The van der Waals surface area contributed by atoms with Crippen molar-refractivity contribution in [2.75, 3.05) is 26.2 Å². The molecule has 3 heterocycles. The van der Waals surface area contributed by atoms with Crippen LogP contribution in [0.15, 0.2) is 27.1 Å². The molecule has 0 bridgehead atoms. The first-order valence-corrected chi connectivity index (χ1v) is 9.93. The summed E-state index contributed by atoms with van der Waals surface area (Å²) in [4.78, 5) is 18.2. The van der Waals surface area contributed by atoms with Crippen LogP contribution in [0.3, 0.4) is 0 Å². The molecule has 0 saturated carbocycles. The first kappa shape index (κ1) is 15.6. The summed E-state index contributed by atoms with van der Waals surface area (Å²) in [6, 6.07) is 3.33. The van der Waals surface area contributed by atoms with Gasteiger partial charge in [-0.15, -0.1) is 22.7 Å². The van der Waals surface area contributed by atoms with Gasteiger partial charge in [-0.1, -0.05) is 6.07 Å². The number of hydrogen-bond donors (Lipinski definition) is 0. The van der Waals surface area contributed by atoms with Crippen molar-refractivity contribution in [3.63, 3.8) is 0 Å². The quantitative estimate of drug-likeness (QED) is 0.838. The van der Waals surface area contributed by atoms with Crippen LogP contribution in [0.1, 0.15) is 15.5 Å². The Morgan fingerprint density at radius 3 is 2.50 bits per heavy atom. The minimum absolute atomic E-state index is 0.127. The molecular weight excluding hydrogens is 342 g/mol. The first-order valence-electron chi connectivity index (χ1n) is 6.73. The number of thiazole rings is 1. The highest BCUT2D eigenvalue weighted by molar-refractivity contribution is 7.91. The fourth-order valence-corrected chi connectivity index (χ4v) is 5.45. The molecule has 2 aromatic heterocycles. The average Bonchev–Trinajstić information content (AvgIpc) is 3.18. The molecule has 118 valence electrons. The summed E-state index contributed by atoms with van der Waals surface area (Å²) >= 11 is 2.65. The molecule has 1 fully saturated rings. The molecule has 22 heavy (non-hydrogen) atoms. The van der Waals surface area contributed by atoms with Gasteiger partial charge in [0.1, 0.15) is 9.90 Å². The SMILES string of the molecule is Cc1nc(C(=O)N2CCN(S(=O)(=O)c3cccs3)CC2)cs1. The van der Waals surface area contributed by atoms with Crippen molar-refractivity contribution in [1.82, 2.24) is 14.2 Å². The third kappa shape index (κ3) is 2.94. The largest absolute Gasteiger partial charge is 0.335 e. The second-order valence-corrected chi connectivity index (χ2v) is 9.05. The Kier molecular flexibility index (Phi) is 4.31. The van der Waals surface area contributed by atoms with Crippen molar-refractivity contribution in [2.24, 2.45) is 0 Å². The second kappa shape index (κ2) is 6.07. The van der Waals surface area contributed by atoms with Gasteiger partial charge in [-0.25, -0.2) is 13.4 Å². The number of carbonyl (C=O) groups excluding carboxylic acids is 1. The number of nitrogens with zero attached hydrogens (tertiary/aromatic N) is 3. The molecule has 1 aliphatic heterocycles. The van der Waals surface area contributed by atoms with E-state index in [4.69, 9.17) is 0 Å². The minimum Gasteiger partial charge on any atom is -0.335 e. The lowest BCUT2D eigenvalue weighted by molar-refractivity contribution is 0.0692. The Morgan fingerprint density at radius 2 is 1.95 bits per heavy atom. The molecule has 6 nitrogen and oxygen atoms in total. The molecule has 9 heteroatoms. The maximum Gasteiger partial charge on any atom is 0.273 e. The lowest BCUT2D eigenvalue weighted by Crippen LogP contribution is -2.50. The summed E-state index contributed by atoms with van der Waals surface area (Å²) < 4.78 is 26.6. The molecule has 1 amide bonds. The summed E-state index contributed by atoms with van der Waals surface area (Å²) in [6.45, 7) is 3.26. The number of hydrogen-bond acceptors (Lipinski definition) is 6. The van der Waals surface area contributed by atoms with Crippen LogP contribution in [-0.4, -0.2) is 54.7 Å². The number of thiophene rings is 1. The van der Waals surface area contributed by atoms with Gasteiger partial charge >= 0.3 is 0 Å². The molecule has 0 aliphatic carbocycles. The number of aryl methyl sites for hydroxylation is 1. The molecule has 0 atom stereocenters. The Hall–Kier alpha value is -1.29. The van der Waals surface area contributed by atoms with Crippen LogP contribution in [0.4, 0.5) is 0 Å². The van der Waals surface area contributed by atoms with Gasteiger partial charge in [0.2, 0.25) is 0 Å². The van der Waals surface area contributed by atoms with E-state index in [1.165, 1.54) is 27.0 Å². The minimum atomic E-state index is -3.43. The Balaban J connectivity index is 1.67. The first-order chi connectivity index (χ1) is 10.5. The van der Waals surface area contributed by atoms with E-state index < -0.39 is 10.0 Å². The molecule has 0 radical (unpaired) electrons. The third-order valence-corrected chi connectivity index (χ3v) is 7.50. The highest BCUT2D eigenvalue weighted by Gasteiger charge is 2.31. The Bertz CT molecular complexity index is 760. The number of piperazine rings is 1. The molecule has 0 aromatic carbocycles. The summed E-state index contributed by atoms with van der Waals surface area (Å²) in [5, 5.41) is 4.34. The maximum absolute atomic E-state index is 12.4. The molecule has 0 spiro atoms. The van der Waals surface area contributed by atoms with E-state index in [2.05, 4.69) is 4.98 Å². The summed E-state index contributed by atoms with van der Waals surface area (Å²) in [7, 11) is -3.43. The van der Waals surface area contributed by atoms with E-state index in [0.717, 1.165) is 5.01 Å². The van der Waals surface area contributed by atoms with E-state index in [1.807, 2.05) is 6.92 Å². The molecule has 3 rings (SSSR count). The Morgan fingerprint density at radius 1 is 1.23 bits per heavy atom. The number of rotatable bonds is 3. The van der Waals surface area contributed by atoms with Gasteiger partial charge in [0.15, 0.2) is 0 Å². The van der Waals surface area contributed by atoms with Gasteiger partial charge < -0.3 is 4.90 Å². The van der Waals surface area contributed by atoms with Crippen LogP contribution < -0.4 is 0 Å². The lowest BCUT2D eigenvalue weighted by atomic mass is 10.3. The van der Waals surface area contributed by atoms with Crippen molar-refractivity contribution >= 4 is 38.6 Å². The number of sulfonamides is 1. The summed E-state index contributed by atoms with van der Waals surface area (Å²) in [6.07, 6.45) is 0. The predicted octanol–water partition coefficient (Wildman–Crippen LogP) is 1.66. The van der Waals surface area contributed by atoms with Crippen LogP contribution in [0.5, 0.6) is 0 Å². The number of carbonyl (C=O) groups is 1. The van der Waals surface area contributed by atoms with Gasteiger partial charge in [-0.2, -0.15) is 4.31 Å². The zero-order valence-electron chi connectivity index (χ0n) is 11.9. The zero-order chi connectivity index (χ0) is 15.7. The van der Waals surface area contributed by atoms with Gasteiger partial charge in [0.05, 0.1) is 5.01 Å². The fourth-order valence-electron chi connectivity index (χ4n) is 2.29. The topological polar surface area (TPSA) is 70.6 Å². The maximum atomic E-state index is 12.4. The smallest absolute Gasteiger partial charge is 0.273 e. The normalized spacial score (nSPS) is 16.9. The van der Waals surface area contributed by atoms with Crippen LogP contribution in [0.25, 0.3) is 0 Å². The van der Waals surface area contributed by atoms with Gasteiger partial charge in [0.25, 0.3) is 15.9 Å². The van der Waals surface area contributed by atoms with Gasteiger partial charge in [-0.05, 0) is 18.4 Å². The average molecular weight is 357 g/mol. The van der Waals surface area contributed by atoms with Crippen molar-refractivity contribution in [3.05, 3.63) is 33.6 Å². The predicted molar refractivity (Wildman–Crippen MR) is 85.8 cm³/mol. The highest BCUT2D eigenvalue weighted by Crippen LogP contribution is 2.22. The van der Waals surface area contributed by atoms with E-state index in [9.17, 15) is 13.2 Å². The van der Waals surface area contributed by atoms with Crippen LogP contribution in [0, 0.1) is 6.92 Å². The second-order valence-electron chi connectivity index (χ2n) is 4.88. The van der Waals surface area contributed by atoms with E-state index in [1.54, 1.807) is 27.8 Å². The van der Waals surface area contributed by atoms with E-state index in [-0.39, 0.29) is 5.91 Å². The fraction of sp³-hybridized carbons (Fsp3) is 0.385. The zero-order valence-corrected chi connectivity index (χ0v) is 14.4. The van der Waals surface area contributed by atoms with Crippen molar-refractivity contribution in [1.29, 1.82) is 0 Å². The van der Waals surface area contributed by atoms with Crippen LogP contribution in [0.2, 0.25) is 0 Å². The third-order valence-electron chi connectivity index (χ3n) is 3.45. The van der Waals surface area contributed by atoms with E-state index in [0.29, 0.717) is 36.1 Å². The molecular formula is C13H15N3O3S3.